The molecule has 0 aliphatic heterocycles. The second-order valence-corrected chi connectivity index (χ2v) is 10.8. The average molecular weight is 587 g/mol. The number of aromatic nitrogens is 2. The topological polar surface area (TPSA) is 12.6 Å². The van der Waals surface area contributed by atoms with Crippen LogP contribution in [0.4, 0.5) is 17.1 Å². The molecule has 3 heterocycles. The fraction of sp³-hybridized carbons (Fsp3) is 0. The van der Waals surface area contributed by atoms with E-state index in [1.165, 1.54) is 0 Å². The number of benzene rings is 7. The van der Waals surface area contributed by atoms with Crippen molar-refractivity contribution in [2.45, 2.75) is 0 Å². The predicted octanol–water partition coefficient (Wildman–Crippen LogP) is 11.4. The molecule has 0 spiro atoms. The zero-order valence-electron chi connectivity index (χ0n) is 36.4. The van der Waals surface area contributed by atoms with Gasteiger partial charge < -0.3 is 13.9 Å². The maximum Gasteiger partial charge on any atom is 0.0667 e. The van der Waals surface area contributed by atoms with E-state index in [2.05, 4.69) is 28.7 Å². The summed E-state index contributed by atoms with van der Waals surface area (Å²) in [5, 5.41) is 5.60. The van der Waals surface area contributed by atoms with Crippen LogP contribution in [0.3, 0.4) is 0 Å². The van der Waals surface area contributed by atoms with E-state index in [0.717, 1.165) is 59.8 Å². The lowest BCUT2D eigenvalue weighted by atomic mass is 10.0. The molecule has 0 fully saturated rings. The van der Waals surface area contributed by atoms with E-state index >= 15 is 0 Å². The van der Waals surface area contributed by atoms with Crippen LogP contribution in [-0.4, -0.2) is 8.97 Å². The summed E-state index contributed by atoms with van der Waals surface area (Å²) < 4.78 is 119. The third-order valence-corrected chi connectivity index (χ3v) is 8.55. The Labute approximate surface area is 278 Å². The Morgan fingerprint density at radius 2 is 1.07 bits per heavy atom. The summed E-state index contributed by atoms with van der Waals surface area (Å²) in [5.74, 6) is 0. The van der Waals surface area contributed by atoms with Crippen molar-refractivity contribution in [2.24, 2.45) is 0 Å². The molecule has 0 saturated carbocycles. The Balaban J connectivity index is 1.40. The first-order valence-electron chi connectivity index (χ1n) is 20.9. The zero-order chi connectivity index (χ0) is 40.8. The van der Waals surface area contributed by atoms with E-state index in [-0.39, 0.29) is 5.69 Å². The van der Waals surface area contributed by atoms with Crippen LogP contribution in [-0.2, 0) is 0 Å². The van der Waals surface area contributed by atoms with Gasteiger partial charge in [-0.1, -0.05) is 96.9 Å². The lowest BCUT2D eigenvalue weighted by Crippen LogP contribution is -2.10. The van der Waals surface area contributed by atoms with Gasteiger partial charge in [-0.05, 0) is 72.0 Å². The maximum absolute atomic E-state index is 9.91. The molecule has 0 N–H and O–H groups in total. The number of rotatable bonds is 4. The van der Waals surface area contributed by atoms with Crippen LogP contribution in [0.15, 0.2) is 163 Å². The van der Waals surface area contributed by atoms with Crippen LogP contribution in [0.2, 0.25) is 0 Å². The van der Waals surface area contributed by atoms with Crippen LogP contribution in [0, 0.1) is 0 Å². The number of para-hydroxylation sites is 4. The minimum absolute atomic E-state index is 0.153. The van der Waals surface area contributed by atoms with Crippen LogP contribution < -0.4 is 4.90 Å². The highest BCUT2D eigenvalue weighted by Gasteiger charge is 2.22. The SMILES string of the molecule is [2H]c1cc(N(c2c([2H])c([2H])c([2H])c([2H])c2[2H])c2c([2H])c([2H])c([2H])c(-n3c4cccc5c6cccc7c8ccccc8n(c8cccc3c8c54)c67)c2[2H])c([2H])c([2H])c1[2H]. The third kappa shape index (κ3) is 3.35. The fourth-order valence-corrected chi connectivity index (χ4v) is 6.88. The summed E-state index contributed by atoms with van der Waals surface area (Å²) in [6.45, 7) is 0. The first-order chi connectivity index (χ1) is 27.8. The molecule has 0 amide bonds. The first kappa shape index (κ1) is 15.1. The summed E-state index contributed by atoms with van der Waals surface area (Å²) in [7, 11) is 0. The van der Waals surface area contributed by atoms with Crippen molar-refractivity contribution >= 4 is 77.0 Å². The van der Waals surface area contributed by atoms with Gasteiger partial charge in [-0.3, -0.25) is 0 Å². The van der Waals surface area contributed by atoms with E-state index in [0.29, 0.717) is 11.0 Å². The molecule has 210 valence electrons. The number of nitrogens with zero attached hydrogens (tertiary/aromatic N) is 3. The summed E-state index contributed by atoms with van der Waals surface area (Å²) in [5.41, 5.74) is 2.30. The van der Waals surface area contributed by atoms with E-state index in [1.54, 1.807) is 4.57 Å². The molecule has 10 rings (SSSR count). The highest BCUT2D eigenvalue weighted by Crippen LogP contribution is 2.44. The molecular formula is C42H27N3. The fourth-order valence-electron chi connectivity index (χ4n) is 6.88. The number of hydrogen-bond acceptors (Lipinski definition) is 1. The van der Waals surface area contributed by atoms with Crippen LogP contribution >= 0.6 is 0 Å². The minimum atomic E-state index is -0.766. The monoisotopic (exact) mass is 586 g/mol. The highest BCUT2D eigenvalue weighted by molar-refractivity contribution is 6.31. The molecule has 0 bridgehead atoms. The Morgan fingerprint density at radius 1 is 0.444 bits per heavy atom. The Bertz CT molecular complexity index is 3430. The van der Waals surface area contributed by atoms with Gasteiger partial charge in [-0.15, -0.1) is 0 Å². The minimum Gasteiger partial charge on any atom is -0.310 e. The largest absolute Gasteiger partial charge is 0.310 e. The van der Waals surface area contributed by atoms with Gasteiger partial charge in [0.25, 0.3) is 0 Å². The van der Waals surface area contributed by atoms with Crippen LogP contribution in [0.1, 0.15) is 17.8 Å². The van der Waals surface area contributed by atoms with E-state index in [1.807, 2.05) is 54.6 Å². The molecule has 0 radical (unpaired) electrons. The van der Waals surface area contributed by atoms with E-state index < -0.39 is 95.6 Å². The standard InChI is InChI=1S/C42H27N3/c1-3-13-28(14-4-1)43(29-15-5-2-6-16-29)30-17-9-18-31(27-30)44-37-24-11-20-33-35-22-10-21-34-32-19-7-8-23-36(32)45(42(34)35)39-26-12-25-38(44)41(39)40(33)37/h1-27H/i1D,2D,3D,4D,5D,6D,9D,13D,14D,15D,17D,18D,27D. The van der Waals surface area contributed by atoms with Crippen molar-refractivity contribution in [1.82, 2.24) is 8.97 Å². The van der Waals surface area contributed by atoms with Gasteiger partial charge in [-0.25, -0.2) is 0 Å². The molecule has 0 atom stereocenters. The molecule has 0 saturated heterocycles. The quantitative estimate of drug-likeness (QED) is 0.200. The lowest BCUT2D eigenvalue weighted by Gasteiger charge is -2.26. The molecule has 10 aromatic rings. The smallest absolute Gasteiger partial charge is 0.0667 e. The average Bonchev–Trinajstić information content (AvgIpc) is 3.70. The molecule has 0 unspecified atom stereocenters. The van der Waals surface area contributed by atoms with Crippen molar-refractivity contribution in [1.29, 1.82) is 0 Å². The molecule has 3 heteroatoms. The number of fused-ring (bicyclic) bond motifs is 5. The lowest BCUT2D eigenvalue weighted by molar-refractivity contribution is 1.17. The summed E-state index contributed by atoms with van der Waals surface area (Å²) in [4.78, 5) is 0.872. The molecule has 0 aliphatic carbocycles. The molecule has 7 aromatic carbocycles. The van der Waals surface area contributed by atoms with E-state index in [9.17, 15) is 5.48 Å². The van der Waals surface area contributed by atoms with Crippen LogP contribution in [0.5, 0.6) is 0 Å². The first-order valence-corrected chi connectivity index (χ1v) is 14.4. The maximum atomic E-state index is 9.91. The van der Waals surface area contributed by atoms with Crippen molar-refractivity contribution in [3.05, 3.63) is 163 Å². The normalized spacial score (nSPS) is 16.0. The van der Waals surface area contributed by atoms with Gasteiger partial charge in [0.05, 0.1) is 45.4 Å². The van der Waals surface area contributed by atoms with Gasteiger partial charge in [-0.2, -0.15) is 0 Å². The second-order valence-electron chi connectivity index (χ2n) is 10.8. The zero-order valence-corrected chi connectivity index (χ0v) is 23.4. The number of hydrogen-bond donors (Lipinski definition) is 0. The van der Waals surface area contributed by atoms with Gasteiger partial charge in [0, 0.05) is 49.7 Å². The van der Waals surface area contributed by atoms with E-state index in [4.69, 9.17) is 12.3 Å². The Morgan fingerprint density at radius 3 is 1.96 bits per heavy atom. The number of anilines is 3. The molecule has 3 aromatic heterocycles. The molecule has 45 heavy (non-hydrogen) atoms. The van der Waals surface area contributed by atoms with Crippen molar-refractivity contribution in [3.63, 3.8) is 0 Å². The molecular weight excluding hydrogens is 546 g/mol. The molecule has 0 aliphatic rings. The highest BCUT2D eigenvalue weighted by atomic mass is 15.1. The van der Waals surface area contributed by atoms with Crippen molar-refractivity contribution < 1.29 is 17.8 Å². The summed E-state index contributed by atoms with van der Waals surface area (Å²) >= 11 is 0. The van der Waals surface area contributed by atoms with Crippen molar-refractivity contribution in [3.8, 4) is 5.69 Å². The summed E-state index contributed by atoms with van der Waals surface area (Å²) in [6, 6.07) is 18.1. The summed E-state index contributed by atoms with van der Waals surface area (Å²) in [6.07, 6.45) is 0. The second kappa shape index (κ2) is 9.22. The predicted molar refractivity (Wildman–Crippen MR) is 190 cm³/mol. The van der Waals surface area contributed by atoms with Gasteiger partial charge in [0.15, 0.2) is 0 Å². The third-order valence-electron chi connectivity index (χ3n) is 8.55. The van der Waals surface area contributed by atoms with Gasteiger partial charge in [0.1, 0.15) is 0 Å². The van der Waals surface area contributed by atoms with Crippen LogP contribution in [0.25, 0.3) is 65.6 Å². The van der Waals surface area contributed by atoms with Gasteiger partial charge >= 0.3 is 0 Å². The Hall–Kier alpha value is -6.06. The van der Waals surface area contributed by atoms with Crippen molar-refractivity contribution in [2.75, 3.05) is 4.90 Å². The Kier molecular flexibility index (Phi) is 3.09. The molecule has 3 nitrogen and oxygen atoms in total. The van der Waals surface area contributed by atoms with Gasteiger partial charge in [0.2, 0.25) is 0 Å².